The molecule has 5 aromatic rings. The minimum Gasteiger partial charge on any atom is -0.508 e. The van der Waals surface area contributed by atoms with Gasteiger partial charge in [0.1, 0.15) is 34.0 Å². The molecule has 34 heavy (non-hydrogen) atoms. The summed E-state index contributed by atoms with van der Waals surface area (Å²) in [7, 11) is 0. The molecule has 0 fully saturated rings. The first-order valence-corrected chi connectivity index (χ1v) is 10.7. The average molecular weight is 451 g/mol. The maximum Gasteiger partial charge on any atom is 0.312 e. The van der Waals surface area contributed by atoms with Gasteiger partial charge < -0.3 is 19.4 Å². The summed E-state index contributed by atoms with van der Waals surface area (Å²) in [5.74, 6) is -0.804. The lowest BCUT2D eigenvalue weighted by Crippen LogP contribution is -2.22. The number of rotatable bonds is 2. The zero-order valence-electron chi connectivity index (χ0n) is 17.7. The number of phenolic OH excluding ortho intramolecular Hbond substituents is 2. The molecule has 1 atom stereocenters. The lowest BCUT2D eigenvalue weighted by molar-refractivity contribution is -0.135. The van der Waals surface area contributed by atoms with Crippen LogP contribution < -0.4 is 10.2 Å². The first-order chi connectivity index (χ1) is 16.5. The fourth-order valence-electron chi connectivity index (χ4n) is 4.60. The van der Waals surface area contributed by atoms with Crippen LogP contribution in [0.1, 0.15) is 23.5 Å². The SMILES string of the molecule is O=C1C[C@H](c2cccc3cccnc23)c2c(cc(O)c3c(=O)cc(-c4ccc(O)cc4)oc23)O1. The normalized spacial score (nSPS) is 15.3. The summed E-state index contributed by atoms with van der Waals surface area (Å²) in [4.78, 5) is 30.1. The molecule has 7 heteroatoms. The average Bonchev–Trinajstić information content (AvgIpc) is 2.83. The van der Waals surface area contributed by atoms with E-state index in [1.54, 1.807) is 18.3 Å². The van der Waals surface area contributed by atoms with Crippen LogP contribution in [0.4, 0.5) is 0 Å². The third-order valence-corrected chi connectivity index (χ3v) is 6.12. The van der Waals surface area contributed by atoms with Crippen LogP contribution in [0.15, 0.2) is 82.1 Å². The third kappa shape index (κ3) is 3.09. The van der Waals surface area contributed by atoms with Crippen molar-refractivity contribution in [1.82, 2.24) is 4.98 Å². The predicted molar refractivity (Wildman–Crippen MR) is 125 cm³/mol. The van der Waals surface area contributed by atoms with E-state index in [-0.39, 0.29) is 40.4 Å². The van der Waals surface area contributed by atoms with E-state index in [9.17, 15) is 19.8 Å². The number of phenols is 2. The second-order valence-electron chi connectivity index (χ2n) is 8.19. The van der Waals surface area contributed by atoms with E-state index >= 15 is 0 Å². The van der Waals surface area contributed by atoms with Crippen LogP contribution >= 0.6 is 0 Å². The third-order valence-electron chi connectivity index (χ3n) is 6.12. The zero-order valence-corrected chi connectivity index (χ0v) is 17.7. The van der Waals surface area contributed by atoms with Crippen molar-refractivity contribution in [2.75, 3.05) is 0 Å². The van der Waals surface area contributed by atoms with Gasteiger partial charge in [0.15, 0.2) is 5.43 Å². The Hall–Kier alpha value is -4.65. The minimum atomic E-state index is -0.504. The van der Waals surface area contributed by atoms with Crippen LogP contribution in [0.25, 0.3) is 33.2 Å². The van der Waals surface area contributed by atoms with Gasteiger partial charge in [0.05, 0.1) is 11.9 Å². The number of aromatic nitrogens is 1. The highest BCUT2D eigenvalue weighted by atomic mass is 16.5. The Morgan fingerprint density at radius 1 is 0.941 bits per heavy atom. The first kappa shape index (κ1) is 20.0. The maximum atomic E-state index is 13.1. The molecule has 2 aromatic heterocycles. The standard InChI is InChI=1S/C27H17NO6/c29-16-8-6-14(7-9-16)21-12-19(30)25-20(31)13-22-24(27(25)34-21)18(11-23(32)33-22)17-5-1-3-15-4-2-10-28-26(15)17/h1-10,12-13,18,29,31H,11H2/t18-/m1/s1. The molecule has 0 aliphatic carbocycles. The summed E-state index contributed by atoms with van der Waals surface area (Å²) in [6.07, 6.45) is 1.71. The number of pyridine rings is 1. The second kappa shape index (κ2) is 7.45. The molecule has 0 unspecified atom stereocenters. The van der Waals surface area contributed by atoms with E-state index in [0.717, 1.165) is 16.5 Å². The lowest BCUT2D eigenvalue weighted by atomic mass is 9.84. The number of aromatic hydroxyl groups is 2. The van der Waals surface area contributed by atoms with Gasteiger partial charge in [-0.15, -0.1) is 0 Å². The number of hydrogen-bond donors (Lipinski definition) is 2. The molecule has 3 heterocycles. The van der Waals surface area contributed by atoms with Crippen molar-refractivity contribution >= 4 is 27.8 Å². The Labute approximate surface area is 192 Å². The number of carbonyl (C=O) groups is 1. The van der Waals surface area contributed by atoms with Crippen LogP contribution in [0.5, 0.6) is 17.2 Å². The molecule has 3 aromatic carbocycles. The molecule has 0 radical (unpaired) electrons. The molecule has 0 saturated heterocycles. The van der Waals surface area contributed by atoms with Crippen LogP contribution in [-0.4, -0.2) is 21.2 Å². The number of esters is 1. The van der Waals surface area contributed by atoms with E-state index in [2.05, 4.69) is 4.98 Å². The Kier molecular flexibility index (Phi) is 4.38. The highest BCUT2D eigenvalue weighted by Gasteiger charge is 2.34. The Morgan fingerprint density at radius 3 is 2.56 bits per heavy atom. The molecular weight excluding hydrogens is 434 g/mol. The molecule has 7 nitrogen and oxygen atoms in total. The lowest BCUT2D eigenvalue weighted by Gasteiger charge is -2.26. The van der Waals surface area contributed by atoms with Crippen molar-refractivity contribution in [2.45, 2.75) is 12.3 Å². The summed E-state index contributed by atoms with van der Waals surface area (Å²) in [6.45, 7) is 0. The highest BCUT2D eigenvalue weighted by molar-refractivity contribution is 5.94. The fraction of sp³-hybridized carbons (Fsp3) is 0.0741. The van der Waals surface area contributed by atoms with Gasteiger partial charge >= 0.3 is 5.97 Å². The van der Waals surface area contributed by atoms with E-state index in [0.29, 0.717) is 11.1 Å². The summed E-state index contributed by atoms with van der Waals surface area (Å²) < 4.78 is 11.7. The van der Waals surface area contributed by atoms with Crippen molar-refractivity contribution in [3.8, 4) is 28.6 Å². The molecule has 0 saturated carbocycles. The van der Waals surface area contributed by atoms with Crippen molar-refractivity contribution in [3.05, 3.63) is 94.3 Å². The zero-order chi connectivity index (χ0) is 23.4. The van der Waals surface area contributed by atoms with E-state index in [4.69, 9.17) is 9.15 Å². The van der Waals surface area contributed by atoms with E-state index in [1.165, 1.54) is 24.3 Å². The summed E-state index contributed by atoms with van der Waals surface area (Å²) >= 11 is 0. The Bertz CT molecular complexity index is 1660. The molecule has 0 spiro atoms. The van der Waals surface area contributed by atoms with E-state index < -0.39 is 17.3 Å². The topological polar surface area (TPSA) is 110 Å². The van der Waals surface area contributed by atoms with Gasteiger partial charge in [0.2, 0.25) is 0 Å². The van der Waals surface area contributed by atoms with Gasteiger partial charge in [-0.2, -0.15) is 0 Å². The molecule has 166 valence electrons. The smallest absolute Gasteiger partial charge is 0.312 e. The molecule has 6 rings (SSSR count). The molecule has 2 N–H and O–H groups in total. The van der Waals surface area contributed by atoms with Gasteiger partial charge in [-0.3, -0.25) is 14.6 Å². The number of benzene rings is 3. The summed E-state index contributed by atoms with van der Waals surface area (Å²) in [6, 6.07) is 18.3. The Balaban J connectivity index is 1.68. The maximum absolute atomic E-state index is 13.1. The van der Waals surface area contributed by atoms with Crippen molar-refractivity contribution in [2.24, 2.45) is 0 Å². The summed E-state index contributed by atoms with van der Waals surface area (Å²) in [5, 5.41) is 21.2. The van der Waals surface area contributed by atoms with Crippen LogP contribution in [0.3, 0.4) is 0 Å². The number of nitrogens with zero attached hydrogens (tertiary/aromatic N) is 1. The number of ether oxygens (including phenoxy) is 1. The monoisotopic (exact) mass is 451 g/mol. The number of hydrogen-bond acceptors (Lipinski definition) is 7. The van der Waals surface area contributed by atoms with Gasteiger partial charge in [0.25, 0.3) is 0 Å². The van der Waals surface area contributed by atoms with Gasteiger partial charge in [-0.1, -0.05) is 24.3 Å². The number of fused-ring (bicyclic) bond motifs is 4. The van der Waals surface area contributed by atoms with Crippen molar-refractivity contribution < 1.29 is 24.2 Å². The minimum absolute atomic E-state index is 0.0115. The van der Waals surface area contributed by atoms with Crippen molar-refractivity contribution in [3.63, 3.8) is 0 Å². The summed E-state index contributed by atoms with van der Waals surface area (Å²) in [5.41, 5.74) is 2.32. The van der Waals surface area contributed by atoms with Crippen molar-refractivity contribution in [1.29, 1.82) is 0 Å². The Morgan fingerprint density at radius 2 is 1.74 bits per heavy atom. The largest absolute Gasteiger partial charge is 0.508 e. The van der Waals surface area contributed by atoms with Gasteiger partial charge in [-0.25, -0.2) is 0 Å². The first-order valence-electron chi connectivity index (χ1n) is 10.7. The van der Waals surface area contributed by atoms with Crippen LogP contribution in [-0.2, 0) is 4.79 Å². The molecular formula is C27H17NO6. The molecule has 0 bridgehead atoms. The molecule has 1 aliphatic rings. The van der Waals surface area contributed by atoms with Crippen LogP contribution in [0, 0.1) is 0 Å². The molecule has 1 aliphatic heterocycles. The second-order valence-corrected chi connectivity index (χ2v) is 8.19. The fourth-order valence-corrected chi connectivity index (χ4v) is 4.60. The quantitative estimate of drug-likeness (QED) is 0.291. The molecule has 0 amide bonds. The van der Waals surface area contributed by atoms with Crippen LogP contribution in [0.2, 0.25) is 0 Å². The van der Waals surface area contributed by atoms with Gasteiger partial charge in [-0.05, 0) is 35.9 Å². The van der Waals surface area contributed by atoms with E-state index in [1.807, 2.05) is 30.3 Å². The number of carbonyl (C=O) groups excluding carboxylic acids is 1. The predicted octanol–water partition coefficient (Wildman–Crippen LogP) is 4.86. The number of para-hydroxylation sites is 1. The highest BCUT2D eigenvalue weighted by Crippen LogP contribution is 2.47. The van der Waals surface area contributed by atoms with Gasteiger partial charge in [0, 0.05) is 40.8 Å².